The molecule has 2 N–H and O–H groups in total. The number of thioether (sulfide) groups is 1. The van der Waals surface area contributed by atoms with Crippen LogP contribution in [0.25, 0.3) is 0 Å². The van der Waals surface area contributed by atoms with Crippen LogP contribution in [0.2, 0.25) is 0 Å². The van der Waals surface area contributed by atoms with Crippen LogP contribution in [0.5, 0.6) is 5.75 Å². The summed E-state index contributed by atoms with van der Waals surface area (Å²) in [4.78, 5) is 25.1. The van der Waals surface area contributed by atoms with Crippen LogP contribution in [0, 0.1) is 0 Å². The monoisotopic (exact) mass is 467 g/mol. The Morgan fingerprint density at radius 1 is 1.09 bits per heavy atom. The predicted molar refractivity (Wildman–Crippen MR) is 130 cm³/mol. The van der Waals surface area contributed by atoms with Gasteiger partial charge in [0.05, 0.1) is 18.9 Å². The lowest BCUT2D eigenvalue weighted by Crippen LogP contribution is -2.28. The van der Waals surface area contributed by atoms with E-state index >= 15 is 0 Å². The number of aryl methyl sites for hydroxylation is 1. The Balaban J connectivity index is 1.62. The van der Waals surface area contributed by atoms with Crippen molar-refractivity contribution >= 4 is 29.3 Å². The van der Waals surface area contributed by atoms with Gasteiger partial charge in [0.1, 0.15) is 5.75 Å². The van der Waals surface area contributed by atoms with Crippen molar-refractivity contribution in [3.8, 4) is 5.75 Å². The highest BCUT2D eigenvalue weighted by Crippen LogP contribution is 2.22. The number of hydrogen-bond donors (Lipinski definition) is 2. The lowest BCUT2D eigenvalue weighted by molar-refractivity contribution is -0.113. The third-order valence-corrected chi connectivity index (χ3v) is 6.12. The van der Waals surface area contributed by atoms with Crippen molar-refractivity contribution in [3.05, 3.63) is 65.5 Å². The molecule has 174 valence electrons. The van der Waals surface area contributed by atoms with Crippen molar-refractivity contribution in [2.45, 2.75) is 44.9 Å². The van der Waals surface area contributed by atoms with Crippen LogP contribution in [-0.4, -0.2) is 39.4 Å². The number of methoxy groups -OCH3 is 1. The van der Waals surface area contributed by atoms with Gasteiger partial charge in [-0.15, -0.1) is 10.2 Å². The fourth-order valence-electron chi connectivity index (χ4n) is 3.38. The highest BCUT2D eigenvalue weighted by molar-refractivity contribution is 7.99. The molecule has 0 fully saturated rings. The molecule has 2 amide bonds. The van der Waals surface area contributed by atoms with Crippen molar-refractivity contribution in [2.24, 2.45) is 0 Å². The summed E-state index contributed by atoms with van der Waals surface area (Å²) in [5, 5.41) is 15.1. The standard InChI is InChI=1S/C24H29N5O3S/c1-5-17-9-7-8-10-20(17)26-21(30)15-33-24-28-27-22(29(24)6-2)16(3)25-23(31)18-11-13-19(32-4)14-12-18/h7-14,16H,5-6,15H2,1-4H3,(H,25,31)(H,26,30)/t16-/m1/s1. The average molecular weight is 468 g/mol. The maximum atomic E-state index is 12.6. The van der Waals surface area contributed by atoms with E-state index in [2.05, 4.69) is 27.8 Å². The van der Waals surface area contributed by atoms with Gasteiger partial charge in [-0.2, -0.15) is 0 Å². The summed E-state index contributed by atoms with van der Waals surface area (Å²) in [6.45, 7) is 6.51. The van der Waals surface area contributed by atoms with Crippen LogP contribution in [0.15, 0.2) is 53.7 Å². The number of benzene rings is 2. The number of carbonyl (C=O) groups excluding carboxylic acids is 2. The molecule has 0 aliphatic carbocycles. The number of anilines is 1. The van der Waals surface area contributed by atoms with E-state index in [4.69, 9.17) is 4.74 Å². The Labute approximate surface area is 198 Å². The first-order valence-corrected chi connectivity index (χ1v) is 11.8. The molecule has 0 saturated heterocycles. The minimum atomic E-state index is -0.355. The van der Waals surface area contributed by atoms with Gasteiger partial charge in [-0.1, -0.05) is 36.9 Å². The Morgan fingerprint density at radius 2 is 1.82 bits per heavy atom. The lowest BCUT2D eigenvalue weighted by Gasteiger charge is -2.15. The number of nitrogens with zero attached hydrogens (tertiary/aromatic N) is 3. The molecule has 0 aliphatic rings. The summed E-state index contributed by atoms with van der Waals surface area (Å²) < 4.78 is 7.05. The molecule has 3 aromatic rings. The molecule has 0 spiro atoms. The minimum absolute atomic E-state index is 0.103. The van der Waals surface area contributed by atoms with Crippen LogP contribution in [0.3, 0.4) is 0 Å². The molecule has 33 heavy (non-hydrogen) atoms. The van der Waals surface area contributed by atoms with Crippen LogP contribution >= 0.6 is 11.8 Å². The summed E-state index contributed by atoms with van der Waals surface area (Å²) in [5.74, 6) is 1.23. The molecular weight excluding hydrogens is 438 g/mol. The number of aromatic nitrogens is 3. The van der Waals surface area contributed by atoms with Gasteiger partial charge in [0.15, 0.2) is 11.0 Å². The molecule has 8 nitrogen and oxygen atoms in total. The van der Waals surface area contributed by atoms with E-state index in [0.29, 0.717) is 28.8 Å². The van der Waals surface area contributed by atoms with Gasteiger partial charge in [-0.25, -0.2) is 0 Å². The molecule has 9 heteroatoms. The third kappa shape index (κ3) is 6.13. The number of nitrogens with one attached hydrogen (secondary N) is 2. The fraction of sp³-hybridized carbons (Fsp3) is 0.333. The van der Waals surface area contributed by atoms with E-state index < -0.39 is 0 Å². The predicted octanol–water partition coefficient (Wildman–Crippen LogP) is 4.09. The van der Waals surface area contributed by atoms with Crippen LogP contribution in [0.4, 0.5) is 5.69 Å². The topological polar surface area (TPSA) is 98.1 Å². The fourth-order valence-corrected chi connectivity index (χ4v) is 4.19. The Kier molecular flexibility index (Phi) is 8.48. The van der Waals surface area contributed by atoms with E-state index in [9.17, 15) is 9.59 Å². The highest BCUT2D eigenvalue weighted by Gasteiger charge is 2.20. The molecule has 0 saturated carbocycles. The zero-order chi connectivity index (χ0) is 23.8. The van der Waals surface area contributed by atoms with Gasteiger partial charge >= 0.3 is 0 Å². The first-order chi connectivity index (χ1) is 16.0. The van der Waals surface area contributed by atoms with Crippen molar-refractivity contribution in [1.29, 1.82) is 0 Å². The molecule has 0 aliphatic heterocycles. The summed E-state index contributed by atoms with van der Waals surface area (Å²) in [6, 6.07) is 14.3. The van der Waals surface area contributed by atoms with Gasteiger partial charge in [0, 0.05) is 17.8 Å². The number of rotatable bonds is 10. The highest BCUT2D eigenvalue weighted by atomic mass is 32.2. The van der Waals surface area contributed by atoms with Gasteiger partial charge < -0.3 is 19.9 Å². The molecular formula is C24H29N5O3S. The molecule has 0 unspecified atom stereocenters. The number of hydrogen-bond acceptors (Lipinski definition) is 6. The normalized spacial score (nSPS) is 11.6. The number of amides is 2. The molecule has 1 atom stereocenters. The van der Waals surface area contributed by atoms with Gasteiger partial charge in [-0.3, -0.25) is 9.59 Å². The molecule has 0 bridgehead atoms. The van der Waals surface area contributed by atoms with Crippen LogP contribution in [0.1, 0.15) is 48.6 Å². The maximum absolute atomic E-state index is 12.6. The van der Waals surface area contributed by atoms with Gasteiger partial charge in [0.25, 0.3) is 5.91 Å². The molecule has 2 aromatic carbocycles. The van der Waals surface area contributed by atoms with E-state index in [1.54, 1.807) is 31.4 Å². The van der Waals surface area contributed by atoms with Crippen molar-refractivity contribution in [2.75, 3.05) is 18.2 Å². The zero-order valence-electron chi connectivity index (χ0n) is 19.3. The van der Waals surface area contributed by atoms with Gasteiger partial charge in [-0.05, 0) is 56.2 Å². The second-order valence-corrected chi connectivity index (χ2v) is 8.30. The summed E-state index contributed by atoms with van der Waals surface area (Å²) in [7, 11) is 1.58. The average Bonchev–Trinajstić information content (AvgIpc) is 3.26. The quantitative estimate of drug-likeness (QED) is 0.436. The Morgan fingerprint density at radius 3 is 2.48 bits per heavy atom. The van der Waals surface area contributed by atoms with E-state index in [-0.39, 0.29) is 23.6 Å². The van der Waals surface area contributed by atoms with Gasteiger partial charge in [0.2, 0.25) is 5.91 Å². The molecule has 3 rings (SSSR count). The number of carbonyl (C=O) groups is 2. The molecule has 0 radical (unpaired) electrons. The summed E-state index contributed by atoms with van der Waals surface area (Å²) >= 11 is 1.32. The number of para-hydroxylation sites is 1. The summed E-state index contributed by atoms with van der Waals surface area (Å²) in [6.07, 6.45) is 0.844. The summed E-state index contributed by atoms with van der Waals surface area (Å²) in [5.41, 5.74) is 2.46. The Bertz CT molecular complexity index is 1100. The largest absolute Gasteiger partial charge is 0.497 e. The van der Waals surface area contributed by atoms with Crippen molar-refractivity contribution in [3.63, 3.8) is 0 Å². The van der Waals surface area contributed by atoms with Crippen molar-refractivity contribution < 1.29 is 14.3 Å². The second-order valence-electron chi connectivity index (χ2n) is 7.36. The number of ether oxygens (including phenoxy) is 1. The van der Waals surface area contributed by atoms with E-state index in [1.165, 1.54) is 11.8 Å². The van der Waals surface area contributed by atoms with E-state index in [0.717, 1.165) is 17.7 Å². The van der Waals surface area contributed by atoms with Crippen LogP contribution < -0.4 is 15.4 Å². The molecule has 1 heterocycles. The first-order valence-electron chi connectivity index (χ1n) is 10.8. The van der Waals surface area contributed by atoms with E-state index in [1.807, 2.05) is 42.7 Å². The third-order valence-electron chi connectivity index (χ3n) is 5.15. The minimum Gasteiger partial charge on any atom is -0.497 e. The van der Waals surface area contributed by atoms with Crippen molar-refractivity contribution in [1.82, 2.24) is 20.1 Å². The Hall–Kier alpha value is -3.33. The maximum Gasteiger partial charge on any atom is 0.251 e. The second kappa shape index (κ2) is 11.5. The smallest absolute Gasteiger partial charge is 0.251 e. The van der Waals surface area contributed by atoms with Crippen LogP contribution in [-0.2, 0) is 17.8 Å². The molecule has 1 aromatic heterocycles. The first kappa shape index (κ1) is 24.3. The lowest BCUT2D eigenvalue weighted by atomic mass is 10.1. The zero-order valence-corrected chi connectivity index (χ0v) is 20.1. The SMILES string of the molecule is CCc1ccccc1NC(=O)CSc1nnc([C@@H](C)NC(=O)c2ccc(OC)cc2)n1CC.